The van der Waals surface area contributed by atoms with E-state index in [1.165, 1.54) is 22.3 Å². The Labute approximate surface area is 142 Å². The van der Waals surface area contributed by atoms with Crippen LogP contribution in [0, 0.1) is 12.2 Å². The molecule has 2 aliphatic rings. The van der Waals surface area contributed by atoms with Crippen LogP contribution in [0.4, 0.5) is 0 Å². The van der Waals surface area contributed by atoms with Crippen LogP contribution in [-0.4, -0.2) is 0 Å². The summed E-state index contributed by atoms with van der Waals surface area (Å²) in [5.41, 5.74) is 5.30. The molecule has 0 saturated carbocycles. The average molecular weight is 344 g/mol. The van der Waals surface area contributed by atoms with Crippen molar-refractivity contribution < 1.29 is 55.8 Å². The first-order valence-corrected chi connectivity index (χ1v) is 5.10. The summed E-state index contributed by atoms with van der Waals surface area (Å²) in [5, 5.41) is 0. The molecule has 105 valence electrons. The third-order valence-corrected chi connectivity index (χ3v) is 2.25. The van der Waals surface area contributed by atoms with Gasteiger partial charge in [0.25, 0.3) is 0 Å². The quantitative estimate of drug-likeness (QED) is 0.387. The smallest absolute Gasteiger partial charge is 0 e. The molecule has 0 aromatic heterocycles. The van der Waals surface area contributed by atoms with Crippen molar-refractivity contribution in [2.45, 2.75) is 40.5 Å². The number of allylic oxidation sites excluding steroid dienone is 8. The third-order valence-electron chi connectivity index (χ3n) is 2.25. The molecule has 0 amide bonds. The molecular weight excluding hydrogens is 325 g/mol. The largest absolute Gasteiger partial charge is 1.00 e. The van der Waals surface area contributed by atoms with Crippen molar-refractivity contribution in [3.8, 4) is 0 Å². The zero-order valence-electron chi connectivity index (χ0n) is 11.2. The number of hydrogen-bond acceptors (Lipinski definition) is 0. The second kappa shape index (κ2) is 13.8. The molecule has 0 nitrogen and oxygen atoms in total. The molecule has 0 aliphatic heterocycles. The van der Waals surface area contributed by atoms with Gasteiger partial charge in [-0.2, -0.15) is 11.1 Å². The molecule has 0 fully saturated rings. The van der Waals surface area contributed by atoms with E-state index in [2.05, 4.69) is 52.0 Å². The maximum Gasteiger partial charge on any atom is 0 e. The summed E-state index contributed by atoms with van der Waals surface area (Å²) >= 11 is 0. The predicted molar refractivity (Wildman–Crippen MR) is 61.6 cm³/mol. The Bertz CT molecular complexity index is 305. The van der Waals surface area contributed by atoms with Gasteiger partial charge in [-0.1, -0.05) is 40.5 Å². The fourth-order valence-corrected chi connectivity index (χ4v) is 1.49. The molecule has 2 aliphatic carbocycles. The monoisotopic (exact) mass is 342 g/mol. The van der Waals surface area contributed by atoms with E-state index in [0.717, 1.165) is 12.8 Å². The van der Waals surface area contributed by atoms with Crippen LogP contribution in [0.3, 0.4) is 0 Å². The number of halogens is 3. The zero-order chi connectivity index (χ0) is 10.6. The molecule has 18 heavy (non-hydrogen) atoms. The van der Waals surface area contributed by atoms with Crippen LogP contribution in [0.2, 0.25) is 0 Å². The van der Waals surface area contributed by atoms with Gasteiger partial charge in [0.2, 0.25) is 0 Å². The Morgan fingerprint density at radius 3 is 1.06 bits per heavy atom. The first-order valence-electron chi connectivity index (χ1n) is 5.10. The Hall–Kier alpha value is 0.414. The fourth-order valence-electron chi connectivity index (χ4n) is 1.49. The summed E-state index contributed by atoms with van der Waals surface area (Å²) in [7, 11) is 0. The van der Waals surface area contributed by atoms with Gasteiger partial charge in [-0.15, -0.1) is 0 Å². The van der Waals surface area contributed by atoms with Crippen LogP contribution in [0.5, 0.6) is 0 Å². The van der Waals surface area contributed by atoms with Crippen molar-refractivity contribution >= 4 is 0 Å². The molecule has 0 aromatic rings. The molecule has 0 atom stereocenters. The molecule has 2 rings (SSSR count). The third kappa shape index (κ3) is 11.5. The van der Waals surface area contributed by atoms with E-state index < -0.39 is 0 Å². The molecule has 0 aromatic carbocycles. The average Bonchev–Trinajstić information content (AvgIpc) is 2.63. The maximum absolute atomic E-state index is 3.19. The molecule has 0 spiro atoms. The van der Waals surface area contributed by atoms with Crippen molar-refractivity contribution in [3.63, 3.8) is 0 Å². The van der Waals surface area contributed by atoms with E-state index in [-0.39, 0.29) is 55.8 Å². The summed E-state index contributed by atoms with van der Waals surface area (Å²) in [4.78, 5) is 0. The summed E-state index contributed by atoms with van der Waals surface area (Å²) in [6, 6.07) is 0. The van der Waals surface area contributed by atoms with Crippen LogP contribution in [0.1, 0.15) is 40.5 Å². The number of rotatable bonds is 0. The van der Waals surface area contributed by atoms with Crippen molar-refractivity contribution in [2.24, 2.45) is 0 Å². The SMILES string of the molecule is CC1=[C-]C(C)=CC1.CC1=[C-]C(C)=CC1.[Cl-].[Cl-].[Cl-].[V]. The zero-order valence-corrected chi connectivity index (χ0v) is 14.8. The number of hydrogen-bond donors (Lipinski definition) is 0. The molecule has 0 saturated heterocycles. The van der Waals surface area contributed by atoms with Gasteiger partial charge >= 0.3 is 0 Å². The summed E-state index contributed by atoms with van der Waals surface area (Å²) in [5.74, 6) is 0. The van der Waals surface area contributed by atoms with Gasteiger partial charge in [-0.3, -0.25) is 12.2 Å². The minimum atomic E-state index is 0. The van der Waals surface area contributed by atoms with Gasteiger partial charge in [0.05, 0.1) is 0 Å². The minimum absolute atomic E-state index is 0. The molecule has 1 radical (unpaired) electrons. The van der Waals surface area contributed by atoms with Gasteiger partial charge in [-0.05, 0) is 0 Å². The Balaban J connectivity index is -0.0000000891. The second-order valence-electron chi connectivity index (χ2n) is 3.99. The predicted octanol–water partition coefficient (Wildman–Crippen LogP) is -4.82. The van der Waals surface area contributed by atoms with Gasteiger partial charge in [0.1, 0.15) is 0 Å². The van der Waals surface area contributed by atoms with E-state index in [4.69, 9.17) is 0 Å². The first kappa shape index (κ1) is 26.9. The normalized spacial score (nSPS) is 14.9. The van der Waals surface area contributed by atoms with E-state index in [9.17, 15) is 0 Å². The van der Waals surface area contributed by atoms with Crippen molar-refractivity contribution in [1.29, 1.82) is 0 Å². The second-order valence-corrected chi connectivity index (χ2v) is 3.99. The van der Waals surface area contributed by atoms with Crippen LogP contribution in [-0.2, 0) is 18.6 Å². The Kier molecular flexibility index (Phi) is 20.7. The summed E-state index contributed by atoms with van der Waals surface area (Å²) in [6.07, 6.45) is 13.0. The van der Waals surface area contributed by atoms with E-state index in [0.29, 0.717) is 0 Å². The summed E-state index contributed by atoms with van der Waals surface area (Å²) in [6.45, 7) is 8.37. The fraction of sp³-hybridized carbons (Fsp3) is 0.429. The first-order chi connectivity index (χ1) is 6.58. The molecule has 0 N–H and O–H groups in total. The van der Waals surface area contributed by atoms with Crippen molar-refractivity contribution in [1.82, 2.24) is 0 Å². The molecule has 0 bridgehead atoms. The Morgan fingerprint density at radius 2 is 1.00 bits per heavy atom. The van der Waals surface area contributed by atoms with E-state index in [1.54, 1.807) is 0 Å². The molecule has 4 heteroatoms. The summed E-state index contributed by atoms with van der Waals surface area (Å²) < 4.78 is 0. The standard InChI is InChI=1S/2C7H9.3ClH.V/c2*1-6-3-4-7(2)5-6;;;;/h2*3H,4H2,1-2H3;3*1H;/q2*-1;;;;/p-3. The van der Waals surface area contributed by atoms with E-state index >= 15 is 0 Å². The van der Waals surface area contributed by atoms with Gasteiger partial charge < -0.3 is 37.2 Å². The van der Waals surface area contributed by atoms with E-state index in [1.807, 2.05) is 0 Å². The van der Waals surface area contributed by atoms with Crippen molar-refractivity contribution in [2.75, 3.05) is 0 Å². The maximum atomic E-state index is 3.19. The van der Waals surface area contributed by atoms with Crippen molar-refractivity contribution in [3.05, 3.63) is 46.6 Å². The van der Waals surface area contributed by atoms with Crippen LogP contribution in [0.25, 0.3) is 0 Å². The molecule has 0 unspecified atom stereocenters. The van der Waals surface area contributed by atoms with Gasteiger partial charge in [-0.25, -0.2) is 23.3 Å². The van der Waals surface area contributed by atoms with Gasteiger partial charge in [0, 0.05) is 18.6 Å². The van der Waals surface area contributed by atoms with Crippen LogP contribution in [0.15, 0.2) is 34.4 Å². The molecule has 0 heterocycles. The van der Waals surface area contributed by atoms with Crippen LogP contribution >= 0.6 is 0 Å². The minimum Gasteiger partial charge on any atom is -1.00 e. The Morgan fingerprint density at radius 1 is 0.722 bits per heavy atom. The van der Waals surface area contributed by atoms with Crippen LogP contribution < -0.4 is 37.2 Å². The topological polar surface area (TPSA) is 0 Å². The molecular formula is C14H18Cl3V-5. The van der Waals surface area contributed by atoms with Gasteiger partial charge in [0.15, 0.2) is 0 Å².